The lowest BCUT2D eigenvalue weighted by Gasteiger charge is -2.34. The quantitative estimate of drug-likeness (QED) is 0.586. The second kappa shape index (κ2) is 8.95. The number of nitro groups is 1. The van der Waals surface area contributed by atoms with E-state index in [9.17, 15) is 14.9 Å². The first-order chi connectivity index (χ1) is 12.3. The van der Waals surface area contributed by atoms with Gasteiger partial charge in [0, 0.05) is 58.1 Å². The van der Waals surface area contributed by atoms with Crippen molar-refractivity contribution in [3.63, 3.8) is 0 Å². The topological polar surface area (TPSA) is 87.9 Å². The summed E-state index contributed by atoms with van der Waals surface area (Å²) < 4.78 is 5.74. The molecule has 0 radical (unpaired) electrons. The molecule has 0 spiro atoms. The van der Waals surface area contributed by atoms with Crippen LogP contribution in [-0.4, -0.2) is 68.7 Å². The molecule has 1 saturated heterocycles. The number of amides is 1. The van der Waals surface area contributed by atoms with E-state index in [1.54, 1.807) is 25.1 Å². The first-order valence-corrected chi connectivity index (χ1v) is 8.86. The van der Waals surface area contributed by atoms with E-state index >= 15 is 0 Å². The summed E-state index contributed by atoms with van der Waals surface area (Å²) in [6, 6.07) is 4.31. The highest BCUT2D eigenvalue weighted by Crippen LogP contribution is 2.24. The van der Waals surface area contributed by atoms with Crippen molar-refractivity contribution in [1.29, 1.82) is 0 Å². The average Bonchev–Trinajstić information content (AvgIpc) is 2.58. The third kappa shape index (κ3) is 5.40. The summed E-state index contributed by atoms with van der Waals surface area (Å²) in [5.41, 5.74) is 0.830. The summed E-state index contributed by atoms with van der Waals surface area (Å²) in [7, 11) is 3.60. The van der Waals surface area contributed by atoms with E-state index in [2.05, 4.69) is 24.1 Å². The van der Waals surface area contributed by atoms with Gasteiger partial charge in [0.15, 0.2) is 0 Å². The fourth-order valence-electron chi connectivity index (χ4n) is 3.10. The second-order valence-corrected chi connectivity index (χ2v) is 7.21. The number of nitrogens with one attached hydrogen (secondary N) is 1. The van der Waals surface area contributed by atoms with Crippen LogP contribution in [0.25, 0.3) is 0 Å². The molecule has 1 atom stereocenters. The fourth-order valence-corrected chi connectivity index (χ4v) is 3.10. The molecule has 1 N–H and O–H groups in total. The van der Waals surface area contributed by atoms with E-state index in [4.69, 9.17) is 4.74 Å². The van der Waals surface area contributed by atoms with Crippen molar-refractivity contribution in [1.82, 2.24) is 10.2 Å². The molecule has 1 aliphatic heterocycles. The molecule has 1 aromatic rings. The Morgan fingerprint density at radius 3 is 2.81 bits per heavy atom. The van der Waals surface area contributed by atoms with E-state index < -0.39 is 4.92 Å². The second-order valence-electron chi connectivity index (χ2n) is 7.21. The highest BCUT2D eigenvalue weighted by molar-refractivity contribution is 6.00. The molecule has 2 rings (SSSR count). The number of carbonyl (C=O) groups excluding carboxylic acids is 1. The van der Waals surface area contributed by atoms with Crippen LogP contribution < -0.4 is 10.2 Å². The van der Waals surface area contributed by atoms with Gasteiger partial charge in [-0.15, -0.1) is 0 Å². The van der Waals surface area contributed by atoms with Gasteiger partial charge in [0.25, 0.3) is 11.6 Å². The largest absolute Gasteiger partial charge is 0.377 e. The monoisotopic (exact) mass is 364 g/mol. The predicted molar refractivity (Wildman–Crippen MR) is 101 cm³/mol. The van der Waals surface area contributed by atoms with Crippen LogP contribution in [0.3, 0.4) is 0 Å². The van der Waals surface area contributed by atoms with Gasteiger partial charge in [-0.3, -0.25) is 19.8 Å². The van der Waals surface area contributed by atoms with Crippen LogP contribution in [0, 0.1) is 16.0 Å². The lowest BCUT2D eigenvalue weighted by atomic mass is 10.1. The maximum absolute atomic E-state index is 12.6. The van der Waals surface area contributed by atoms with E-state index in [-0.39, 0.29) is 17.7 Å². The molecular formula is C18H28N4O4. The third-order valence-electron chi connectivity index (χ3n) is 4.25. The van der Waals surface area contributed by atoms with Crippen molar-refractivity contribution in [2.45, 2.75) is 20.0 Å². The van der Waals surface area contributed by atoms with Crippen LogP contribution in [0.15, 0.2) is 18.2 Å². The van der Waals surface area contributed by atoms with Gasteiger partial charge in [0.1, 0.15) is 0 Å². The molecule has 0 saturated carbocycles. The molecule has 0 aliphatic carbocycles. The lowest BCUT2D eigenvalue weighted by Crippen LogP contribution is -2.48. The Balaban J connectivity index is 2.03. The number of hydrogen-bond donors (Lipinski definition) is 1. The number of benzene rings is 1. The Labute approximate surface area is 154 Å². The average molecular weight is 364 g/mol. The minimum absolute atomic E-state index is 0.0760. The molecular weight excluding hydrogens is 336 g/mol. The summed E-state index contributed by atoms with van der Waals surface area (Å²) in [6.45, 7) is 8.06. The van der Waals surface area contributed by atoms with Crippen molar-refractivity contribution < 1.29 is 14.5 Å². The van der Waals surface area contributed by atoms with E-state index in [1.165, 1.54) is 12.1 Å². The number of non-ortho nitro benzene ring substituents is 1. The van der Waals surface area contributed by atoms with Crippen LogP contribution in [0.5, 0.6) is 0 Å². The first-order valence-electron chi connectivity index (χ1n) is 8.86. The van der Waals surface area contributed by atoms with Crippen molar-refractivity contribution in [2.75, 3.05) is 51.8 Å². The molecule has 0 bridgehead atoms. The molecule has 144 valence electrons. The zero-order valence-corrected chi connectivity index (χ0v) is 15.9. The van der Waals surface area contributed by atoms with Gasteiger partial charge in [-0.1, -0.05) is 13.8 Å². The van der Waals surface area contributed by atoms with Gasteiger partial charge in [0.2, 0.25) is 0 Å². The zero-order valence-electron chi connectivity index (χ0n) is 15.9. The minimum atomic E-state index is -0.496. The third-order valence-corrected chi connectivity index (χ3v) is 4.25. The number of morpholine rings is 1. The Hall–Kier alpha value is -2.19. The van der Waals surface area contributed by atoms with Crippen molar-refractivity contribution in [3.05, 3.63) is 33.9 Å². The minimum Gasteiger partial charge on any atom is -0.377 e. The SMILES string of the molecule is CC(C)CN1CCOC(CNC(=O)c2cc([N+](=O)[O-])ccc2N(C)C)C1. The van der Waals surface area contributed by atoms with Crippen LogP contribution in [0.1, 0.15) is 24.2 Å². The Morgan fingerprint density at radius 2 is 2.19 bits per heavy atom. The summed E-state index contributed by atoms with van der Waals surface area (Å²) in [5, 5.41) is 13.9. The van der Waals surface area contributed by atoms with Gasteiger partial charge in [-0.2, -0.15) is 0 Å². The van der Waals surface area contributed by atoms with Crippen molar-refractivity contribution >= 4 is 17.3 Å². The highest BCUT2D eigenvalue weighted by atomic mass is 16.6. The normalized spacial score (nSPS) is 18.0. The summed E-state index contributed by atoms with van der Waals surface area (Å²) in [4.78, 5) is 27.2. The van der Waals surface area contributed by atoms with Gasteiger partial charge in [0.05, 0.1) is 23.2 Å². The molecule has 1 heterocycles. The van der Waals surface area contributed by atoms with Crippen LogP contribution >= 0.6 is 0 Å². The van der Waals surface area contributed by atoms with E-state index in [0.29, 0.717) is 30.3 Å². The molecule has 8 heteroatoms. The Morgan fingerprint density at radius 1 is 1.46 bits per heavy atom. The summed E-state index contributed by atoms with van der Waals surface area (Å²) >= 11 is 0. The number of nitro benzene ring substituents is 1. The van der Waals surface area contributed by atoms with Crippen LogP contribution in [-0.2, 0) is 4.74 Å². The molecule has 1 amide bonds. The van der Waals surface area contributed by atoms with Crippen LogP contribution in [0.4, 0.5) is 11.4 Å². The highest BCUT2D eigenvalue weighted by Gasteiger charge is 2.23. The molecule has 1 fully saturated rings. The molecule has 8 nitrogen and oxygen atoms in total. The maximum atomic E-state index is 12.6. The molecule has 1 unspecified atom stereocenters. The maximum Gasteiger partial charge on any atom is 0.270 e. The number of carbonyl (C=O) groups is 1. The fraction of sp³-hybridized carbons (Fsp3) is 0.611. The molecule has 1 aromatic carbocycles. The first kappa shape index (κ1) is 20.1. The van der Waals surface area contributed by atoms with E-state index in [0.717, 1.165) is 19.6 Å². The summed E-state index contributed by atoms with van der Waals surface area (Å²) in [6.07, 6.45) is -0.0760. The molecule has 26 heavy (non-hydrogen) atoms. The number of anilines is 1. The number of nitrogens with zero attached hydrogens (tertiary/aromatic N) is 3. The Kier molecular flexibility index (Phi) is 6.93. The van der Waals surface area contributed by atoms with Crippen LogP contribution in [0.2, 0.25) is 0 Å². The number of rotatable bonds is 7. The van der Waals surface area contributed by atoms with Gasteiger partial charge in [-0.05, 0) is 12.0 Å². The zero-order chi connectivity index (χ0) is 19.3. The van der Waals surface area contributed by atoms with Gasteiger partial charge >= 0.3 is 0 Å². The van der Waals surface area contributed by atoms with Gasteiger partial charge < -0.3 is 15.0 Å². The molecule has 0 aromatic heterocycles. The smallest absolute Gasteiger partial charge is 0.270 e. The lowest BCUT2D eigenvalue weighted by molar-refractivity contribution is -0.384. The number of hydrogen-bond acceptors (Lipinski definition) is 6. The van der Waals surface area contributed by atoms with Crippen molar-refractivity contribution in [3.8, 4) is 0 Å². The molecule has 1 aliphatic rings. The standard InChI is InChI=1S/C18H28N4O4/c1-13(2)11-21-7-8-26-15(12-21)10-19-18(23)16-9-14(22(24)25)5-6-17(16)20(3)4/h5-6,9,13,15H,7-8,10-12H2,1-4H3,(H,19,23). The Bertz CT molecular complexity index is 648. The summed E-state index contributed by atoms with van der Waals surface area (Å²) in [5.74, 6) is 0.248. The van der Waals surface area contributed by atoms with Crippen molar-refractivity contribution in [2.24, 2.45) is 5.92 Å². The van der Waals surface area contributed by atoms with Gasteiger partial charge in [-0.25, -0.2) is 0 Å². The predicted octanol–water partition coefficient (Wildman–Crippen LogP) is 1.75. The number of ether oxygens (including phenoxy) is 1. The van der Waals surface area contributed by atoms with E-state index in [1.807, 2.05) is 0 Å².